The van der Waals surface area contributed by atoms with Gasteiger partial charge in [0.05, 0.1) is 4.92 Å². The molecule has 2 rings (SSSR count). The summed E-state index contributed by atoms with van der Waals surface area (Å²) in [6.45, 7) is 8.06. The van der Waals surface area contributed by atoms with E-state index in [1.54, 1.807) is 20.8 Å². The van der Waals surface area contributed by atoms with E-state index in [9.17, 15) is 38.9 Å². The fourth-order valence-electron chi connectivity index (χ4n) is 4.20. The molecule has 1 aromatic rings. The van der Waals surface area contributed by atoms with Gasteiger partial charge in [-0.15, -0.1) is 0 Å². The summed E-state index contributed by atoms with van der Waals surface area (Å²) in [6, 6.07) is 0.598. The molecule has 16 heteroatoms. The molecule has 1 aliphatic rings. The lowest BCUT2D eigenvalue weighted by Gasteiger charge is -2.29. The number of non-ortho nitro benzene ring substituents is 1. The molecular weight excluding hydrogens is 568 g/mol. The number of carboxylic acid groups (broad SMARTS) is 1. The minimum absolute atomic E-state index is 0.195. The van der Waals surface area contributed by atoms with Gasteiger partial charge in [-0.25, -0.2) is 4.79 Å². The number of anilines is 1. The van der Waals surface area contributed by atoms with Crippen molar-refractivity contribution in [2.45, 2.75) is 90.1 Å². The largest absolute Gasteiger partial charge is 0.481 e. The molecule has 0 bridgehead atoms. The lowest BCUT2D eigenvalue weighted by molar-refractivity contribution is -0.384. The predicted octanol–water partition coefficient (Wildman–Crippen LogP) is 1.29. The summed E-state index contributed by atoms with van der Waals surface area (Å²) in [5, 5.41) is 29.9. The number of rotatable bonds is 12. The maximum absolute atomic E-state index is 13.2. The Morgan fingerprint density at radius 1 is 1.02 bits per heavy atom. The van der Waals surface area contributed by atoms with Crippen LogP contribution in [0.1, 0.15) is 60.3 Å². The topological polar surface area (TPSA) is 226 Å². The van der Waals surface area contributed by atoms with Crippen LogP contribution in [-0.4, -0.2) is 86.9 Å². The van der Waals surface area contributed by atoms with Crippen LogP contribution >= 0.6 is 0 Å². The Morgan fingerprint density at radius 3 is 2.21 bits per heavy atom. The second-order valence-electron chi connectivity index (χ2n) is 11.1. The molecule has 1 heterocycles. The van der Waals surface area contributed by atoms with Crippen molar-refractivity contribution in [1.82, 2.24) is 20.9 Å². The van der Waals surface area contributed by atoms with Crippen molar-refractivity contribution in [2.24, 2.45) is 0 Å². The Morgan fingerprint density at radius 2 is 1.65 bits per heavy atom. The lowest BCUT2D eigenvalue weighted by Crippen LogP contribution is -2.56. The van der Waals surface area contributed by atoms with Crippen molar-refractivity contribution >= 4 is 47.1 Å². The number of benzene rings is 1. The highest BCUT2D eigenvalue weighted by Gasteiger charge is 2.38. The number of ether oxygens (including phenoxy) is 1. The number of nitrogens with one attached hydrogen (secondary N) is 4. The van der Waals surface area contributed by atoms with Gasteiger partial charge < -0.3 is 36.0 Å². The minimum Gasteiger partial charge on any atom is -0.481 e. The van der Waals surface area contributed by atoms with Gasteiger partial charge in [0.25, 0.3) is 5.69 Å². The molecule has 5 amide bonds. The highest BCUT2D eigenvalue weighted by atomic mass is 16.6. The van der Waals surface area contributed by atoms with E-state index in [2.05, 4.69) is 21.3 Å². The SMILES string of the molecule is C[C@H](NC(=O)OC(C)(C)C)C(=O)N[C@@H](C)C(=O)N1CCC[C@H]1C(=O)N[C@@H](CCC(=O)O)C(=O)Nc1ccc([N+](=O)[O-])cc1. The first kappa shape index (κ1) is 34.4. The zero-order chi connectivity index (χ0) is 32.5. The fourth-order valence-corrected chi connectivity index (χ4v) is 4.20. The Bertz CT molecular complexity index is 1230. The quantitative estimate of drug-likeness (QED) is 0.169. The molecular formula is C27H38N6O10. The highest BCUT2D eigenvalue weighted by molar-refractivity contribution is 5.99. The number of carbonyl (C=O) groups excluding carboxylic acids is 5. The third-order valence-electron chi connectivity index (χ3n) is 6.32. The van der Waals surface area contributed by atoms with Crippen molar-refractivity contribution in [3.8, 4) is 0 Å². The number of hydrogen-bond donors (Lipinski definition) is 5. The van der Waals surface area contributed by atoms with Crippen LogP contribution in [0.15, 0.2) is 24.3 Å². The van der Waals surface area contributed by atoms with E-state index in [1.807, 2.05) is 0 Å². The molecule has 0 aromatic heterocycles. The number of carbonyl (C=O) groups is 6. The fraction of sp³-hybridized carbons (Fsp3) is 0.556. The summed E-state index contributed by atoms with van der Waals surface area (Å²) in [7, 11) is 0. The third kappa shape index (κ3) is 10.9. The van der Waals surface area contributed by atoms with Crippen LogP contribution < -0.4 is 21.3 Å². The molecule has 16 nitrogen and oxygen atoms in total. The molecule has 1 aliphatic heterocycles. The number of nitro groups is 1. The number of amides is 5. The van der Waals surface area contributed by atoms with E-state index in [0.29, 0.717) is 6.42 Å². The van der Waals surface area contributed by atoms with Crippen LogP contribution in [0.2, 0.25) is 0 Å². The summed E-state index contributed by atoms with van der Waals surface area (Å²) in [5.41, 5.74) is -0.769. The number of hydrogen-bond acceptors (Lipinski definition) is 9. The number of carboxylic acids is 1. The predicted molar refractivity (Wildman–Crippen MR) is 152 cm³/mol. The molecule has 1 aromatic carbocycles. The van der Waals surface area contributed by atoms with Crippen molar-refractivity contribution in [3.63, 3.8) is 0 Å². The van der Waals surface area contributed by atoms with E-state index >= 15 is 0 Å². The number of aliphatic carboxylic acids is 1. The molecule has 1 saturated heterocycles. The number of nitrogens with zero attached hydrogens (tertiary/aromatic N) is 2. The molecule has 0 saturated carbocycles. The Labute approximate surface area is 248 Å². The molecule has 43 heavy (non-hydrogen) atoms. The third-order valence-corrected chi connectivity index (χ3v) is 6.32. The smallest absolute Gasteiger partial charge is 0.408 e. The normalized spacial score (nSPS) is 16.7. The number of nitro benzene ring substituents is 1. The molecule has 5 N–H and O–H groups in total. The number of likely N-dealkylation sites (tertiary alicyclic amines) is 1. The van der Waals surface area contributed by atoms with E-state index < -0.39 is 76.8 Å². The second kappa shape index (κ2) is 14.9. The summed E-state index contributed by atoms with van der Waals surface area (Å²) in [6.07, 6.45) is -0.763. The molecule has 0 spiro atoms. The first-order chi connectivity index (χ1) is 20.0. The lowest BCUT2D eigenvalue weighted by atomic mass is 10.1. The van der Waals surface area contributed by atoms with Crippen LogP contribution in [0.3, 0.4) is 0 Å². The zero-order valence-electron chi connectivity index (χ0n) is 24.7. The summed E-state index contributed by atoms with van der Waals surface area (Å²) in [5.74, 6) is -3.83. The first-order valence-electron chi connectivity index (χ1n) is 13.7. The maximum Gasteiger partial charge on any atom is 0.408 e. The van der Waals surface area contributed by atoms with E-state index in [-0.39, 0.29) is 30.8 Å². The van der Waals surface area contributed by atoms with Gasteiger partial charge in [-0.3, -0.25) is 34.1 Å². The second-order valence-corrected chi connectivity index (χ2v) is 11.1. The summed E-state index contributed by atoms with van der Waals surface area (Å²) in [4.78, 5) is 86.6. The van der Waals surface area contributed by atoms with Crippen molar-refractivity contribution < 1.29 is 43.5 Å². The van der Waals surface area contributed by atoms with Gasteiger partial charge in [-0.2, -0.15) is 0 Å². The van der Waals surface area contributed by atoms with Gasteiger partial charge in [0.2, 0.25) is 23.6 Å². The van der Waals surface area contributed by atoms with Crippen LogP contribution in [0.4, 0.5) is 16.2 Å². The van der Waals surface area contributed by atoms with Crippen molar-refractivity contribution in [2.75, 3.05) is 11.9 Å². The number of alkyl carbamates (subject to hydrolysis) is 1. The Balaban J connectivity index is 2.05. The standard InChI is InChI=1S/C27H38N6O10/c1-15(29-26(40)43-27(3,4)5)22(36)28-16(2)25(39)32-14-6-7-20(32)24(38)31-19(12-13-21(34)35)23(37)30-17-8-10-18(11-9-17)33(41)42/h8-11,15-16,19-20H,6-7,12-14H2,1-5H3,(H,28,36)(H,29,40)(H,30,37)(H,31,38)(H,34,35)/t15-,16-,19-,20-/m0/s1. The summed E-state index contributed by atoms with van der Waals surface area (Å²) < 4.78 is 5.12. The van der Waals surface area contributed by atoms with Gasteiger partial charge in [-0.05, 0) is 66.0 Å². The van der Waals surface area contributed by atoms with Gasteiger partial charge in [0, 0.05) is 30.8 Å². The van der Waals surface area contributed by atoms with E-state index in [1.165, 1.54) is 43.0 Å². The molecule has 0 radical (unpaired) electrons. The Kier molecular flexibility index (Phi) is 12.0. The Hall–Kier alpha value is -4.76. The molecule has 4 atom stereocenters. The average Bonchev–Trinajstić information content (AvgIpc) is 3.39. The molecule has 1 fully saturated rings. The minimum atomic E-state index is -1.28. The van der Waals surface area contributed by atoms with Crippen molar-refractivity contribution in [3.05, 3.63) is 34.4 Å². The maximum atomic E-state index is 13.2. The molecule has 0 aliphatic carbocycles. The van der Waals surface area contributed by atoms with Gasteiger partial charge in [0.15, 0.2) is 0 Å². The highest BCUT2D eigenvalue weighted by Crippen LogP contribution is 2.20. The first-order valence-corrected chi connectivity index (χ1v) is 13.7. The summed E-state index contributed by atoms with van der Waals surface area (Å²) >= 11 is 0. The van der Waals surface area contributed by atoms with Gasteiger partial charge in [0.1, 0.15) is 29.8 Å². The zero-order valence-corrected chi connectivity index (χ0v) is 24.7. The van der Waals surface area contributed by atoms with Crippen molar-refractivity contribution in [1.29, 1.82) is 0 Å². The van der Waals surface area contributed by atoms with E-state index in [0.717, 1.165) is 0 Å². The molecule has 236 valence electrons. The average molecular weight is 607 g/mol. The van der Waals surface area contributed by atoms with Crippen LogP contribution in [0.25, 0.3) is 0 Å². The van der Waals surface area contributed by atoms with Crippen LogP contribution in [-0.2, 0) is 28.7 Å². The molecule has 0 unspecified atom stereocenters. The van der Waals surface area contributed by atoms with E-state index in [4.69, 9.17) is 9.84 Å². The van der Waals surface area contributed by atoms with Gasteiger partial charge >= 0.3 is 12.1 Å². The van der Waals surface area contributed by atoms with Crippen LogP contribution in [0, 0.1) is 10.1 Å². The monoisotopic (exact) mass is 606 g/mol. The van der Waals surface area contributed by atoms with Gasteiger partial charge in [-0.1, -0.05) is 0 Å². The van der Waals surface area contributed by atoms with Crippen LogP contribution in [0.5, 0.6) is 0 Å².